The van der Waals surface area contributed by atoms with Crippen LogP contribution in [0.3, 0.4) is 0 Å². The van der Waals surface area contributed by atoms with Crippen LogP contribution in [-0.2, 0) is 16.4 Å². The summed E-state index contributed by atoms with van der Waals surface area (Å²) >= 11 is 0. The fraction of sp³-hybridized carbons (Fsp3) is 0.368. The van der Waals surface area contributed by atoms with Gasteiger partial charge in [-0.25, -0.2) is 13.1 Å². The Kier molecular flexibility index (Phi) is 6.02. The van der Waals surface area contributed by atoms with Crippen LogP contribution in [0.2, 0.25) is 0 Å². The molecule has 0 saturated carbocycles. The molecule has 24 heavy (non-hydrogen) atoms. The van der Waals surface area contributed by atoms with Crippen LogP contribution in [0.25, 0.3) is 0 Å². The van der Waals surface area contributed by atoms with Gasteiger partial charge < -0.3 is 4.74 Å². The summed E-state index contributed by atoms with van der Waals surface area (Å²) in [7, 11) is -2.00. The van der Waals surface area contributed by atoms with Gasteiger partial charge in [-0.1, -0.05) is 43.7 Å². The van der Waals surface area contributed by atoms with Crippen LogP contribution in [0.1, 0.15) is 43.0 Å². The van der Waals surface area contributed by atoms with E-state index >= 15 is 0 Å². The highest BCUT2D eigenvalue weighted by Gasteiger charge is 2.21. The molecule has 0 aliphatic rings. The van der Waals surface area contributed by atoms with Gasteiger partial charge in [-0.15, -0.1) is 0 Å². The summed E-state index contributed by atoms with van der Waals surface area (Å²) in [6.45, 7) is 5.96. The highest BCUT2D eigenvalue weighted by atomic mass is 32.2. The van der Waals surface area contributed by atoms with Crippen LogP contribution in [0.4, 0.5) is 0 Å². The zero-order valence-corrected chi connectivity index (χ0v) is 15.5. The zero-order chi connectivity index (χ0) is 17.7. The third kappa shape index (κ3) is 4.16. The van der Waals surface area contributed by atoms with Gasteiger partial charge >= 0.3 is 0 Å². The molecule has 4 nitrogen and oxygen atoms in total. The number of rotatable bonds is 7. The third-order valence-electron chi connectivity index (χ3n) is 4.13. The minimum Gasteiger partial charge on any atom is -0.496 e. The summed E-state index contributed by atoms with van der Waals surface area (Å²) in [5, 5.41) is 0. The van der Waals surface area contributed by atoms with Crippen LogP contribution in [0.15, 0.2) is 47.4 Å². The molecule has 0 heterocycles. The van der Waals surface area contributed by atoms with Crippen molar-refractivity contribution in [1.29, 1.82) is 0 Å². The second-order valence-electron chi connectivity index (χ2n) is 5.82. The summed E-state index contributed by atoms with van der Waals surface area (Å²) in [5.74, 6) is 0.710. The van der Waals surface area contributed by atoms with Crippen molar-refractivity contribution in [2.24, 2.45) is 0 Å². The smallest absolute Gasteiger partial charge is 0.241 e. The predicted molar refractivity (Wildman–Crippen MR) is 96.9 cm³/mol. The minimum atomic E-state index is -3.59. The van der Waals surface area contributed by atoms with Gasteiger partial charge in [0, 0.05) is 6.04 Å². The van der Waals surface area contributed by atoms with E-state index in [1.165, 1.54) is 0 Å². The van der Waals surface area contributed by atoms with Gasteiger partial charge in [0.25, 0.3) is 0 Å². The monoisotopic (exact) mass is 347 g/mol. The van der Waals surface area contributed by atoms with E-state index in [1.54, 1.807) is 25.3 Å². The van der Waals surface area contributed by atoms with Gasteiger partial charge in [-0.3, -0.25) is 0 Å². The first-order valence-corrected chi connectivity index (χ1v) is 9.65. The Bertz CT molecular complexity index is 783. The summed E-state index contributed by atoms with van der Waals surface area (Å²) in [6.07, 6.45) is 1.39. The van der Waals surface area contributed by atoms with Crippen LogP contribution < -0.4 is 9.46 Å². The molecule has 0 radical (unpaired) electrons. The standard InChI is InChI=1S/C19H25NO3S/c1-5-15-13-17(11-12-19(15)23-4)24(21,22)20-18(6-2)16-9-7-14(3)8-10-16/h7-13,18,20H,5-6H2,1-4H3. The van der Waals surface area contributed by atoms with Gasteiger partial charge in [0.05, 0.1) is 12.0 Å². The van der Waals surface area contributed by atoms with E-state index in [0.717, 1.165) is 16.7 Å². The normalized spacial score (nSPS) is 12.8. The van der Waals surface area contributed by atoms with E-state index < -0.39 is 10.0 Å². The van der Waals surface area contributed by atoms with Gasteiger partial charge in [-0.05, 0) is 49.1 Å². The Labute approximate surface area is 144 Å². The second kappa shape index (κ2) is 7.81. The molecule has 0 aromatic heterocycles. The van der Waals surface area contributed by atoms with Crippen LogP contribution in [-0.4, -0.2) is 15.5 Å². The van der Waals surface area contributed by atoms with Crippen LogP contribution >= 0.6 is 0 Å². The van der Waals surface area contributed by atoms with E-state index in [2.05, 4.69) is 4.72 Å². The Morgan fingerprint density at radius 1 is 1.08 bits per heavy atom. The van der Waals surface area contributed by atoms with Gasteiger partial charge in [0.15, 0.2) is 0 Å². The zero-order valence-electron chi connectivity index (χ0n) is 14.7. The highest BCUT2D eigenvalue weighted by molar-refractivity contribution is 7.89. The minimum absolute atomic E-state index is 0.247. The summed E-state index contributed by atoms with van der Waals surface area (Å²) in [6, 6.07) is 12.7. The maximum Gasteiger partial charge on any atom is 0.241 e. The molecule has 0 spiro atoms. The Morgan fingerprint density at radius 2 is 1.75 bits per heavy atom. The lowest BCUT2D eigenvalue weighted by atomic mass is 10.0. The topological polar surface area (TPSA) is 55.4 Å². The van der Waals surface area contributed by atoms with Crippen molar-refractivity contribution in [1.82, 2.24) is 4.72 Å². The fourth-order valence-corrected chi connectivity index (χ4v) is 4.00. The second-order valence-corrected chi connectivity index (χ2v) is 7.53. The van der Waals surface area contributed by atoms with Crippen molar-refractivity contribution < 1.29 is 13.2 Å². The first-order valence-electron chi connectivity index (χ1n) is 8.17. The number of benzene rings is 2. The molecule has 1 unspecified atom stereocenters. The van der Waals surface area contributed by atoms with Crippen molar-refractivity contribution in [3.63, 3.8) is 0 Å². The fourth-order valence-electron chi connectivity index (χ4n) is 2.64. The number of sulfonamides is 1. The summed E-state index contributed by atoms with van der Waals surface area (Å²) in [5.41, 5.74) is 3.00. The maximum absolute atomic E-state index is 12.8. The van der Waals surface area contributed by atoms with Gasteiger partial charge in [-0.2, -0.15) is 0 Å². The van der Waals surface area contributed by atoms with E-state index in [1.807, 2.05) is 45.0 Å². The van der Waals surface area contributed by atoms with E-state index in [0.29, 0.717) is 18.6 Å². The van der Waals surface area contributed by atoms with E-state index in [4.69, 9.17) is 4.74 Å². The number of hydrogen-bond acceptors (Lipinski definition) is 3. The molecule has 0 fully saturated rings. The Hall–Kier alpha value is -1.85. The molecular weight excluding hydrogens is 322 g/mol. The lowest BCUT2D eigenvalue weighted by molar-refractivity contribution is 0.409. The lowest BCUT2D eigenvalue weighted by Gasteiger charge is -2.18. The first kappa shape index (κ1) is 18.5. The van der Waals surface area contributed by atoms with Gasteiger partial charge in [0.1, 0.15) is 5.75 Å². The van der Waals surface area contributed by atoms with Crippen molar-refractivity contribution in [2.75, 3.05) is 7.11 Å². The number of hydrogen-bond donors (Lipinski definition) is 1. The summed E-state index contributed by atoms with van der Waals surface area (Å²) < 4.78 is 33.6. The maximum atomic E-state index is 12.8. The SMILES string of the molecule is CCc1cc(S(=O)(=O)NC(CC)c2ccc(C)cc2)ccc1OC. The van der Waals surface area contributed by atoms with Crippen molar-refractivity contribution in [3.8, 4) is 5.75 Å². The number of ether oxygens (including phenoxy) is 1. The molecule has 130 valence electrons. The Balaban J connectivity index is 2.30. The number of methoxy groups -OCH3 is 1. The molecule has 0 amide bonds. The lowest BCUT2D eigenvalue weighted by Crippen LogP contribution is -2.28. The van der Waals surface area contributed by atoms with E-state index in [-0.39, 0.29) is 10.9 Å². The van der Waals surface area contributed by atoms with Crippen LogP contribution in [0, 0.1) is 6.92 Å². The molecule has 1 N–H and O–H groups in total. The number of aryl methyl sites for hydroxylation is 2. The largest absolute Gasteiger partial charge is 0.496 e. The predicted octanol–water partition coefficient (Wildman–Crippen LogP) is 4.00. The molecule has 1 atom stereocenters. The van der Waals surface area contributed by atoms with Gasteiger partial charge in [0.2, 0.25) is 10.0 Å². The summed E-state index contributed by atoms with van der Waals surface area (Å²) in [4.78, 5) is 0.269. The molecular formula is C19H25NO3S. The molecule has 2 aromatic rings. The number of nitrogens with one attached hydrogen (secondary N) is 1. The molecule has 5 heteroatoms. The molecule has 0 aliphatic heterocycles. The average molecular weight is 347 g/mol. The molecule has 0 saturated heterocycles. The third-order valence-corrected chi connectivity index (χ3v) is 5.60. The first-order chi connectivity index (χ1) is 11.4. The Morgan fingerprint density at radius 3 is 2.29 bits per heavy atom. The van der Waals surface area contributed by atoms with Crippen molar-refractivity contribution >= 4 is 10.0 Å². The van der Waals surface area contributed by atoms with Crippen molar-refractivity contribution in [3.05, 3.63) is 59.2 Å². The van der Waals surface area contributed by atoms with E-state index in [9.17, 15) is 8.42 Å². The molecule has 2 aromatic carbocycles. The van der Waals surface area contributed by atoms with Crippen molar-refractivity contribution in [2.45, 2.75) is 44.6 Å². The highest BCUT2D eigenvalue weighted by Crippen LogP contribution is 2.25. The van der Waals surface area contributed by atoms with Crippen LogP contribution in [0.5, 0.6) is 5.75 Å². The molecule has 0 aliphatic carbocycles. The molecule has 2 rings (SSSR count). The quantitative estimate of drug-likeness (QED) is 0.824. The average Bonchev–Trinajstić information content (AvgIpc) is 2.59. The molecule has 0 bridgehead atoms.